The average molecular weight is 185 g/mol. The van der Waals surface area contributed by atoms with E-state index in [4.69, 9.17) is 10.5 Å². The van der Waals surface area contributed by atoms with Crippen LogP contribution in [0.5, 0.6) is 0 Å². The Bertz CT molecular complexity index is 196. The van der Waals surface area contributed by atoms with Crippen molar-refractivity contribution in [2.24, 2.45) is 11.7 Å². The molecule has 13 heavy (non-hydrogen) atoms. The molecule has 1 rings (SSSR count). The first-order valence-corrected chi connectivity index (χ1v) is 4.88. The van der Waals surface area contributed by atoms with Crippen molar-refractivity contribution in [1.29, 1.82) is 0 Å². The lowest BCUT2D eigenvalue weighted by molar-refractivity contribution is -0.160. The van der Waals surface area contributed by atoms with Gasteiger partial charge in [-0.05, 0) is 33.6 Å². The van der Waals surface area contributed by atoms with E-state index in [0.29, 0.717) is 0 Å². The van der Waals surface area contributed by atoms with E-state index < -0.39 is 0 Å². The highest BCUT2D eigenvalue weighted by atomic mass is 16.6. The second-order valence-electron chi connectivity index (χ2n) is 4.73. The van der Waals surface area contributed by atoms with E-state index in [1.54, 1.807) is 0 Å². The molecule has 2 N–H and O–H groups in total. The van der Waals surface area contributed by atoms with Gasteiger partial charge < -0.3 is 10.5 Å². The van der Waals surface area contributed by atoms with Crippen LogP contribution in [0.1, 0.15) is 40.0 Å². The molecule has 0 aromatic carbocycles. The Morgan fingerprint density at radius 2 is 2.00 bits per heavy atom. The van der Waals surface area contributed by atoms with E-state index in [2.05, 4.69) is 0 Å². The Balaban J connectivity index is 2.48. The van der Waals surface area contributed by atoms with Crippen LogP contribution in [0.2, 0.25) is 0 Å². The fraction of sp³-hybridized carbons (Fsp3) is 0.900. The molecule has 0 spiro atoms. The highest BCUT2D eigenvalue weighted by Gasteiger charge is 2.33. The second-order valence-corrected chi connectivity index (χ2v) is 4.73. The van der Waals surface area contributed by atoms with Gasteiger partial charge in [0.05, 0.1) is 5.92 Å². The molecule has 1 fully saturated rings. The monoisotopic (exact) mass is 185 g/mol. The van der Waals surface area contributed by atoms with Crippen molar-refractivity contribution in [2.45, 2.75) is 51.7 Å². The lowest BCUT2D eigenvalue weighted by Gasteiger charge is -2.23. The topological polar surface area (TPSA) is 52.3 Å². The van der Waals surface area contributed by atoms with Gasteiger partial charge in [-0.15, -0.1) is 0 Å². The van der Waals surface area contributed by atoms with Crippen LogP contribution in [0.15, 0.2) is 0 Å². The molecule has 0 aliphatic heterocycles. The van der Waals surface area contributed by atoms with Crippen molar-refractivity contribution in [1.82, 2.24) is 0 Å². The van der Waals surface area contributed by atoms with Crippen LogP contribution in [-0.4, -0.2) is 17.6 Å². The summed E-state index contributed by atoms with van der Waals surface area (Å²) in [5.74, 6) is -0.197. The van der Waals surface area contributed by atoms with E-state index in [1.165, 1.54) is 0 Å². The minimum absolute atomic E-state index is 0.00912. The summed E-state index contributed by atoms with van der Waals surface area (Å²) in [6.45, 7) is 5.64. The molecule has 0 aromatic heterocycles. The number of carbonyl (C=O) groups excluding carboxylic acids is 1. The van der Waals surface area contributed by atoms with E-state index in [1.807, 2.05) is 20.8 Å². The summed E-state index contributed by atoms with van der Waals surface area (Å²) >= 11 is 0. The first-order valence-electron chi connectivity index (χ1n) is 4.88. The van der Waals surface area contributed by atoms with Crippen LogP contribution in [0.3, 0.4) is 0 Å². The van der Waals surface area contributed by atoms with Crippen LogP contribution in [0.25, 0.3) is 0 Å². The molecule has 1 saturated carbocycles. The number of ether oxygens (including phenoxy) is 1. The Morgan fingerprint density at radius 1 is 1.38 bits per heavy atom. The number of esters is 1. The fourth-order valence-electron chi connectivity index (χ4n) is 1.66. The third-order valence-electron chi connectivity index (χ3n) is 2.28. The minimum atomic E-state index is -0.389. The molecular formula is C10H19NO2. The zero-order valence-electron chi connectivity index (χ0n) is 8.67. The smallest absolute Gasteiger partial charge is 0.311 e. The summed E-state index contributed by atoms with van der Waals surface area (Å²) in [6.07, 6.45) is 2.88. The Hall–Kier alpha value is -0.570. The molecule has 1 aliphatic carbocycles. The van der Waals surface area contributed by atoms with Crippen molar-refractivity contribution < 1.29 is 9.53 Å². The summed E-state index contributed by atoms with van der Waals surface area (Å²) in [4.78, 5) is 11.6. The normalized spacial score (nSPS) is 28.9. The molecular weight excluding hydrogens is 166 g/mol. The molecule has 0 amide bonds. The molecule has 0 saturated heterocycles. The molecule has 0 radical (unpaired) electrons. The van der Waals surface area contributed by atoms with Gasteiger partial charge in [-0.2, -0.15) is 0 Å². The molecule has 1 aliphatic rings. The van der Waals surface area contributed by atoms with Crippen molar-refractivity contribution in [3.8, 4) is 0 Å². The van der Waals surface area contributed by atoms with Crippen LogP contribution < -0.4 is 5.73 Å². The maximum Gasteiger partial charge on any atom is 0.311 e. The molecule has 3 heteroatoms. The van der Waals surface area contributed by atoms with Gasteiger partial charge in [0, 0.05) is 6.04 Å². The van der Waals surface area contributed by atoms with Crippen molar-refractivity contribution in [3.63, 3.8) is 0 Å². The Kier molecular flexibility index (Phi) is 2.96. The number of nitrogens with two attached hydrogens (primary N) is 1. The first kappa shape index (κ1) is 10.5. The number of hydrogen-bond acceptors (Lipinski definition) is 3. The van der Waals surface area contributed by atoms with Gasteiger partial charge in [-0.25, -0.2) is 0 Å². The van der Waals surface area contributed by atoms with Crippen molar-refractivity contribution in [2.75, 3.05) is 0 Å². The van der Waals surface area contributed by atoms with Gasteiger partial charge in [-0.3, -0.25) is 4.79 Å². The predicted molar refractivity (Wildman–Crippen MR) is 51.2 cm³/mol. The van der Waals surface area contributed by atoms with Gasteiger partial charge in [0.25, 0.3) is 0 Å². The third-order valence-corrected chi connectivity index (χ3v) is 2.28. The van der Waals surface area contributed by atoms with Gasteiger partial charge >= 0.3 is 5.97 Å². The predicted octanol–water partition coefficient (Wildman–Crippen LogP) is 1.46. The van der Waals surface area contributed by atoms with Crippen LogP contribution >= 0.6 is 0 Å². The SMILES string of the molecule is CC(C)(C)OC(=O)C1CCCC1N. The largest absolute Gasteiger partial charge is 0.460 e. The maximum absolute atomic E-state index is 11.6. The standard InChI is InChI=1S/C10H19NO2/c1-10(2,3)13-9(12)7-5-4-6-8(7)11/h7-8H,4-6,11H2,1-3H3. The third kappa shape index (κ3) is 2.99. The van der Waals surface area contributed by atoms with Crippen molar-refractivity contribution in [3.05, 3.63) is 0 Å². The highest BCUT2D eigenvalue weighted by molar-refractivity contribution is 5.74. The summed E-state index contributed by atoms with van der Waals surface area (Å²) in [5, 5.41) is 0. The Morgan fingerprint density at radius 3 is 2.38 bits per heavy atom. The van der Waals surface area contributed by atoms with Crippen LogP contribution in [-0.2, 0) is 9.53 Å². The van der Waals surface area contributed by atoms with Crippen LogP contribution in [0, 0.1) is 5.92 Å². The molecule has 3 nitrogen and oxygen atoms in total. The maximum atomic E-state index is 11.6. The summed E-state index contributed by atoms with van der Waals surface area (Å²) in [6, 6.07) is 0.00912. The molecule has 2 atom stereocenters. The number of rotatable bonds is 1. The van der Waals surface area contributed by atoms with Gasteiger partial charge in [0.1, 0.15) is 5.60 Å². The summed E-state index contributed by atoms with van der Waals surface area (Å²) in [7, 11) is 0. The quantitative estimate of drug-likeness (QED) is 0.629. The minimum Gasteiger partial charge on any atom is -0.460 e. The molecule has 76 valence electrons. The average Bonchev–Trinajstić information content (AvgIpc) is 2.30. The fourth-order valence-corrected chi connectivity index (χ4v) is 1.66. The molecule has 2 unspecified atom stereocenters. The zero-order chi connectivity index (χ0) is 10.1. The second kappa shape index (κ2) is 3.66. The summed E-state index contributed by atoms with van der Waals surface area (Å²) in [5.41, 5.74) is 5.41. The van der Waals surface area contributed by atoms with E-state index >= 15 is 0 Å². The van der Waals surface area contributed by atoms with E-state index in [0.717, 1.165) is 19.3 Å². The van der Waals surface area contributed by atoms with Gasteiger partial charge in [-0.1, -0.05) is 6.42 Å². The number of carbonyl (C=O) groups is 1. The number of hydrogen-bond donors (Lipinski definition) is 1. The van der Waals surface area contributed by atoms with Gasteiger partial charge in [0.2, 0.25) is 0 Å². The first-order chi connectivity index (χ1) is 5.90. The lowest BCUT2D eigenvalue weighted by Crippen LogP contribution is -2.35. The van der Waals surface area contributed by atoms with E-state index in [-0.39, 0.29) is 23.5 Å². The molecule has 0 aromatic rings. The highest BCUT2D eigenvalue weighted by Crippen LogP contribution is 2.26. The lowest BCUT2D eigenvalue weighted by atomic mass is 10.0. The van der Waals surface area contributed by atoms with Gasteiger partial charge in [0.15, 0.2) is 0 Å². The molecule has 0 bridgehead atoms. The zero-order valence-corrected chi connectivity index (χ0v) is 8.67. The summed E-state index contributed by atoms with van der Waals surface area (Å²) < 4.78 is 5.27. The Labute approximate surface area is 79.6 Å². The van der Waals surface area contributed by atoms with Crippen molar-refractivity contribution >= 4 is 5.97 Å². The van der Waals surface area contributed by atoms with Crippen LogP contribution in [0.4, 0.5) is 0 Å². The van der Waals surface area contributed by atoms with E-state index in [9.17, 15) is 4.79 Å². The molecule has 0 heterocycles.